The maximum atomic E-state index is 12.7. The molecule has 3 aromatic heterocycles. The van der Waals surface area contributed by atoms with Crippen molar-refractivity contribution in [3.8, 4) is 0 Å². The largest absolute Gasteiger partial charge is 0.371 e. The van der Waals surface area contributed by atoms with Crippen LogP contribution in [0.1, 0.15) is 17.6 Å². The minimum Gasteiger partial charge on any atom is -0.371 e. The molecule has 152 valence electrons. The molecule has 0 unspecified atom stereocenters. The van der Waals surface area contributed by atoms with Crippen LogP contribution in [0, 0.1) is 11.8 Å². The minimum atomic E-state index is -0.179. The Morgan fingerprint density at radius 3 is 2.63 bits per heavy atom. The zero-order valence-electron chi connectivity index (χ0n) is 16.1. The summed E-state index contributed by atoms with van der Waals surface area (Å²) in [6, 6.07) is 7.95. The van der Waals surface area contributed by atoms with Crippen molar-refractivity contribution in [2.45, 2.75) is 12.5 Å². The van der Waals surface area contributed by atoms with E-state index in [1.807, 2.05) is 12.1 Å². The topological polar surface area (TPSA) is 94.9 Å². The van der Waals surface area contributed by atoms with Gasteiger partial charge in [0, 0.05) is 36.8 Å². The van der Waals surface area contributed by atoms with Gasteiger partial charge in [0.05, 0.1) is 6.33 Å². The zero-order valence-corrected chi connectivity index (χ0v) is 16.9. The van der Waals surface area contributed by atoms with Gasteiger partial charge < -0.3 is 14.0 Å². The first-order valence-electron chi connectivity index (χ1n) is 9.78. The van der Waals surface area contributed by atoms with Crippen LogP contribution in [0.5, 0.6) is 0 Å². The summed E-state index contributed by atoms with van der Waals surface area (Å²) in [4.78, 5) is 28.0. The lowest BCUT2D eigenvalue weighted by Crippen LogP contribution is -2.23. The summed E-state index contributed by atoms with van der Waals surface area (Å²) < 4.78 is 8.57. The van der Waals surface area contributed by atoms with Crippen LogP contribution in [0.4, 0.5) is 5.69 Å². The van der Waals surface area contributed by atoms with Crippen LogP contribution < -0.4 is 10.5 Å². The Labute approximate surface area is 175 Å². The molecule has 9 nitrogen and oxygen atoms in total. The van der Waals surface area contributed by atoms with Gasteiger partial charge in [0.15, 0.2) is 17.0 Å². The third-order valence-electron chi connectivity index (χ3n) is 6.17. The van der Waals surface area contributed by atoms with E-state index in [2.05, 4.69) is 37.1 Å². The molecule has 1 aromatic carbocycles. The van der Waals surface area contributed by atoms with Crippen LogP contribution in [0.3, 0.4) is 0 Å². The number of aromatic nitrogens is 6. The van der Waals surface area contributed by atoms with E-state index in [9.17, 15) is 4.79 Å². The number of rotatable bonds is 4. The normalized spacial score (nSPS) is 22.6. The van der Waals surface area contributed by atoms with Crippen LogP contribution >= 0.6 is 11.6 Å². The van der Waals surface area contributed by atoms with E-state index in [1.54, 1.807) is 17.9 Å². The number of hydrogen-bond donors (Lipinski definition) is 0. The third kappa shape index (κ3) is 2.72. The van der Waals surface area contributed by atoms with Crippen molar-refractivity contribution in [3.05, 3.63) is 64.0 Å². The molecule has 0 amide bonds. The monoisotopic (exact) mass is 423 g/mol. The lowest BCUT2D eigenvalue weighted by molar-refractivity contribution is 0.363. The van der Waals surface area contributed by atoms with E-state index >= 15 is 0 Å². The fourth-order valence-corrected chi connectivity index (χ4v) is 4.70. The molecule has 1 saturated heterocycles. The maximum absolute atomic E-state index is 12.7. The second kappa shape index (κ2) is 6.40. The highest BCUT2D eigenvalue weighted by molar-refractivity contribution is 6.30. The lowest BCUT2D eigenvalue weighted by atomic mass is 10.2. The molecule has 30 heavy (non-hydrogen) atoms. The van der Waals surface area contributed by atoms with Crippen molar-refractivity contribution >= 4 is 28.5 Å². The first kappa shape index (κ1) is 17.6. The number of anilines is 1. The second-order valence-corrected chi connectivity index (χ2v) is 8.42. The Morgan fingerprint density at radius 1 is 1.13 bits per heavy atom. The highest BCUT2D eigenvalue weighted by Gasteiger charge is 2.58. The van der Waals surface area contributed by atoms with Crippen molar-refractivity contribution in [1.29, 1.82) is 0 Å². The van der Waals surface area contributed by atoms with Gasteiger partial charge in [0.1, 0.15) is 12.9 Å². The number of piperidine rings is 1. The summed E-state index contributed by atoms with van der Waals surface area (Å²) in [7, 11) is 1.77. The molecule has 0 bridgehead atoms. The number of benzene rings is 1. The van der Waals surface area contributed by atoms with E-state index in [1.165, 1.54) is 16.6 Å². The molecule has 10 heteroatoms. The summed E-state index contributed by atoms with van der Waals surface area (Å²) in [5.74, 6) is 2.52. The first-order valence-corrected chi connectivity index (χ1v) is 10.2. The van der Waals surface area contributed by atoms with Crippen LogP contribution in [-0.4, -0.2) is 42.3 Å². The molecule has 2 aliphatic rings. The van der Waals surface area contributed by atoms with E-state index < -0.39 is 0 Å². The summed E-state index contributed by atoms with van der Waals surface area (Å²) in [6.07, 6.45) is 3.05. The van der Waals surface area contributed by atoms with Gasteiger partial charge in [-0.25, -0.2) is 9.97 Å². The van der Waals surface area contributed by atoms with Crippen molar-refractivity contribution in [2.75, 3.05) is 18.0 Å². The molecule has 1 aliphatic heterocycles. The number of imidazole rings is 1. The highest BCUT2D eigenvalue weighted by Crippen LogP contribution is 2.57. The fourth-order valence-electron chi connectivity index (χ4n) is 4.57. The molecule has 6 rings (SSSR count). The van der Waals surface area contributed by atoms with Crippen LogP contribution in [0.25, 0.3) is 11.2 Å². The molecule has 1 saturated carbocycles. The number of fused-ring (bicyclic) bond motifs is 2. The van der Waals surface area contributed by atoms with E-state index in [-0.39, 0.29) is 12.1 Å². The van der Waals surface area contributed by atoms with Gasteiger partial charge in [0.2, 0.25) is 5.89 Å². The molecular weight excluding hydrogens is 406 g/mol. The molecule has 0 radical (unpaired) electrons. The summed E-state index contributed by atoms with van der Waals surface area (Å²) >= 11 is 5.98. The quantitative estimate of drug-likeness (QED) is 0.495. The minimum absolute atomic E-state index is 0.179. The summed E-state index contributed by atoms with van der Waals surface area (Å²) in [6.45, 7) is 2.14. The molecular formula is C20H18ClN7O2. The third-order valence-corrected chi connectivity index (χ3v) is 6.43. The van der Waals surface area contributed by atoms with E-state index in [0.29, 0.717) is 34.8 Å². The standard InChI is InChI=1S/C20H18ClN7O2/c1-26-9-22-19-17(26)20(29)28(10-23-19)8-15-24-18(25-30-15)16-13-6-27(7-14(13)16)12-4-2-11(21)3-5-12/h2-5,9-10,13-14,16H,6-8H2,1H3/t13-,14+,16+. The van der Waals surface area contributed by atoms with Crippen LogP contribution in [0.2, 0.25) is 5.02 Å². The smallest absolute Gasteiger partial charge is 0.280 e. The Kier molecular flexibility index (Phi) is 3.76. The molecule has 2 fully saturated rings. The zero-order chi connectivity index (χ0) is 20.4. The second-order valence-electron chi connectivity index (χ2n) is 7.99. The first-order chi connectivity index (χ1) is 14.6. The molecule has 4 aromatic rings. The number of aryl methyl sites for hydroxylation is 1. The van der Waals surface area contributed by atoms with Crippen molar-refractivity contribution < 1.29 is 4.52 Å². The van der Waals surface area contributed by atoms with Gasteiger partial charge >= 0.3 is 0 Å². The number of hydrogen-bond acceptors (Lipinski definition) is 7. The maximum Gasteiger partial charge on any atom is 0.280 e. The summed E-state index contributed by atoms with van der Waals surface area (Å²) in [5, 5.41) is 4.94. The predicted molar refractivity (Wildman–Crippen MR) is 110 cm³/mol. The SMILES string of the molecule is Cn1cnc2ncn(Cc3nc([C@H]4[C@@H]5CN(c6ccc(Cl)cc6)C[C@@H]54)no3)c(=O)c21. The predicted octanol–water partition coefficient (Wildman–Crippen LogP) is 2.06. The Bertz CT molecular complexity index is 1300. The van der Waals surface area contributed by atoms with E-state index in [0.717, 1.165) is 23.9 Å². The molecule has 3 atom stereocenters. The Morgan fingerprint density at radius 2 is 1.87 bits per heavy atom. The highest BCUT2D eigenvalue weighted by atomic mass is 35.5. The van der Waals surface area contributed by atoms with Gasteiger partial charge in [-0.05, 0) is 36.1 Å². The van der Waals surface area contributed by atoms with Gasteiger partial charge in [0.25, 0.3) is 5.56 Å². The van der Waals surface area contributed by atoms with Crippen molar-refractivity contribution in [2.24, 2.45) is 18.9 Å². The molecule has 1 aliphatic carbocycles. The Hall–Kier alpha value is -3.20. The fraction of sp³-hybridized carbons (Fsp3) is 0.350. The Balaban J connectivity index is 1.16. The van der Waals surface area contributed by atoms with Crippen molar-refractivity contribution in [1.82, 2.24) is 29.2 Å². The number of nitrogens with zero attached hydrogens (tertiary/aromatic N) is 7. The summed E-state index contributed by atoms with van der Waals surface area (Å²) in [5.41, 5.74) is 1.90. The van der Waals surface area contributed by atoms with Crippen LogP contribution in [-0.2, 0) is 13.6 Å². The molecule has 4 heterocycles. The molecule has 0 spiro atoms. The van der Waals surface area contributed by atoms with Crippen LogP contribution in [0.15, 0.2) is 46.2 Å². The van der Waals surface area contributed by atoms with Gasteiger partial charge in [-0.15, -0.1) is 0 Å². The van der Waals surface area contributed by atoms with Gasteiger partial charge in [-0.3, -0.25) is 9.36 Å². The van der Waals surface area contributed by atoms with Gasteiger partial charge in [-0.1, -0.05) is 16.8 Å². The average Bonchev–Trinajstić information content (AvgIpc) is 3.16. The average molecular weight is 424 g/mol. The number of halogens is 1. The lowest BCUT2D eigenvalue weighted by Gasteiger charge is -2.21. The van der Waals surface area contributed by atoms with Crippen molar-refractivity contribution in [3.63, 3.8) is 0 Å². The van der Waals surface area contributed by atoms with E-state index in [4.69, 9.17) is 16.1 Å². The van der Waals surface area contributed by atoms with Gasteiger partial charge in [-0.2, -0.15) is 4.98 Å². The molecule has 0 N–H and O–H groups in total.